The van der Waals surface area contributed by atoms with Crippen molar-refractivity contribution in [1.82, 2.24) is 0 Å². The Kier molecular flexibility index (Phi) is 2.71. The Morgan fingerprint density at radius 3 is 2.00 bits per heavy atom. The maximum Gasteiger partial charge on any atom is 0.00661 e. The Balaban J connectivity index is 3.06. The molecule has 2 heteroatoms. The summed E-state index contributed by atoms with van der Waals surface area (Å²) in [6, 6.07) is 6.40. The molecule has 10 heavy (non-hydrogen) atoms. The second-order valence-corrected chi connectivity index (χ2v) is 3.80. The minimum atomic E-state index is 0.395. The number of rotatable bonds is 1. The van der Waals surface area contributed by atoms with Crippen molar-refractivity contribution < 1.29 is 0 Å². The normalized spacial score (nSPS) is 11.1. The quantitative estimate of drug-likeness (QED) is 0.572. The third-order valence-corrected chi connectivity index (χ3v) is 2.49. The van der Waals surface area contributed by atoms with Crippen molar-refractivity contribution in [3.05, 3.63) is 29.3 Å². The number of hydrogen-bond donors (Lipinski definition) is 0. The molecule has 0 amide bonds. The Morgan fingerprint density at radius 2 is 1.60 bits per heavy atom. The van der Waals surface area contributed by atoms with Crippen LogP contribution in [0.1, 0.15) is 11.1 Å². The Morgan fingerprint density at radius 1 is 1.10 bits per heavy atom. The third-order valence-electron chi connectivity index (χ3n) is 1.33. The molecule has 0 nitrogen and oxygen atoms in total. The molecular formula is C8H10ClP. The van der Waals surface area contributed by atoms with E-state index in [9.17, 15) is 0 Å². The molecule has 0 saturated heterocycles. The lowest BCUT2D eigenvalue weighted by atomic mass is 10.2. The van der Waals surface area contributed by atoms with Gasteiger partial charge in [-0.25, -0.2) is 0 Å². The summed E-state index contributed by atoms with van der Waals surface area (Å²) in [4.78, 5) is 0. The van der Waals surface area contributed by atoms with Crippen molar-refractivity contribution in [2.24, 2.45) is 0 Å². The van der Waals surface area contributed by atoms with E-state index in [4.69, 9.17) is 11.2 Å². The van der Waals surface area contributed by atoms with E-state index in [2.05, 4.69) is 32.0 Å². The molecule has 0 radical (unpaired) electrons. The molecule has 0 saturated carbocycles. The lowest BCUT2D eigenvalue weighted by Crippen LogP contribution is -1.93. The van der Waals surface area contributed by atoms with Gasteiger partial charge in [0.25, 0.3) is 0 Å². The van der Waals surface area contributed by atoms with Crippen molar-refractivity contribution in [2.45, 2.75) is 13.8 Å². The monoisotopic (exact) mass is 172 g/mol. The second kappa shape index (κ2) is 3.37. The van der Waals surface area contributed by atoms with Crippen molar-refractivity contribution in [3.8, 4) is 0 Å². The van der Waals surface area contributed by atoms with Gasteiger partial charge in [-0.15, -0.1) is 0 Å². The first-order valence-corrected chi connectivity index (χ1v) is 5.18. The summed E-state index contributed by atoms with van der Waals surface area (Å²) in [5, 5.41) is 1.24. The van der Waals surface area contributed by atoms with Crippen LogP contribution >= 0.6 is 19.2 Å². The first-order chi connectivity index (χ1) is 4.72. The van der Waals surface area contributed by atoms with Gasteiger partial charge in [-0.05, 0) is 19.2 Å². The highest BCUT2D eigenvalue weighted by Gasteiger charge is 1.92. The average molecular weight is 173 g/mol. The molecule has 54 valence electrons. The first kappa shape index (κ1) is 8.04. The highest BCUT2D eigenvalue weighted by atomic mass is 35.7. The van der Waals surface area contributed by atoms with Crippen LogP contribution in [0.25, 0.3) is 0 Å². The number of halogens is 1. The van der Waals surface area contributed by atoms with Gasteiger partial charge in [-0.2, -0.15) is 0 Å². The number of aryl methyl sites for hydroxylation is 2. The third kappa shape index (κ3) is 1.97. The molecule has 0 aromatic heterocycles. The minimum absolute atomic E-state index is 0.395. The van der Waals surface area contributed by atoms with Gasteiger partial charge in [-0.3, -0.25) is 0 Å². The highest BCUT2D eigenvalue weighted by Crippen LogP contribution is 2.16. The van der Waals surface area contributed by atoms with Crippen LogP contribution in [0, 0.1) is 13.8 Å². The molecule has 0 spiro atoms. The number of benzene rings is 1. The van der Waals surface area contributed by atoms with Gasteiger partial charge in [-0.1, -0.05) is 40.6 Å². The zero-order valence-electron chi connectivity index (χ0n) is 6.11. The smallest absolute Gasteiger partial charge is 0.00661 e. The van der Waals surface area contributed by atoms with Crippen LogP contribution in [0.15, 0.2) is 18.2 Å². The van der Waals surface area contributed by atoms with Crippen LogP contribution < -0.4 is 5.30 Å². The zero-order chi connectivity index (χ0) is 7.56. The van der Waals surface area contributed by atoms with Gasteiger partial charge in [0.2, 0.25) is 0 Å². The van der Waals surface area contributed by atoms with Crippen LogP contribution in [0.4, 0.5) is 0 Å². The first-order valence-electron chi connectivity index (χ1n) is 3.17. The van der Waals surface area contributed by atoms with E-state index < -0.39 is 0 Å². The van der Waals surface area contributed by atoms with E-state index in [1.165, 1.54) is 16.4 Å². The van der Waals surface area contributed by atoms with E-state index in [1.807, 2.05) is 0 Å². The van der Waals surface area contributed by atoms with Gasteiger partial charge in [0, 0.05) is 7.93 Å². The summed E-state index contributed by atoms with van der Waals surface area (Å²) in [5.41, 5.74) is 2.59. The molecule has 1 atom stereocenters. The van der Waals surface area contributed by atoms with Crippen LogP contribution in [-0.4, -0.2) is 0 Å². The molecule has 0 fully saturated rings. The summed E-state index contributed by atoms with van der Waals surface area (Å²) in [7, 11) is 0.395. The summed E-state index contributed by atoms with van der Waals surface area (Å²) in [6.45, 7) is 4.18. The SMILES string of the molecule is Cc1cc(C)cc(PCl)c1. The Labute approximate surface area is 68.2 Å². The fourth-order valence-corrected chi connectivity index (χ4v) is 1.92. The molecule has 0 aliphatic heterocycles. The highest BCUT2D eigenvalue weighted by molar-refractivity contribution is 7.74. The molecule has 0 heterocycles. The minimum Gasteiger partial charge on any atom is -0.0948 e. The molecule has 1 aromatic rings. The molecule has 1 unspecified atom stereocenters. The predicted octanol–water partition coefficient (Wildman–Crippen LogP) is 2.76. The summed E-state index contributed by atoms with van der Waals surface area (Å²) < 4.78 is 0. The standard InChI is InChI=1S/C8H10ClP/c1-6-3-7(2)5-8(4-6)10-9/h3-5,10H,1-2H3. The molecule has 1 rings (SSSR count). The van der Waals surface area contributed by atoms with Crippen LogP contribution in [0.3, 0.4) is 0 Å². The van der Waals surface area contributed by atoms with E-state index in [0.29, 0.717) is 7.93 Å². The van der Waals surface area contributed by atoms with Crippen molar-refractivity contribution >= 4 is 24.5 Å². The number of hydrogen-bond acceptors (Lipinski definition) is 0. The van der Waals surface area contributed by atoms with E-state index in [0.717, 1.165) is 0 Å². The molecule has 0 aliphatic rings. The largest absolute Gasteiger partial charge is 0.0948 e. The summed E-state index contributed by atoms with van der Waals surface area (Å²) >= 11 is 5.70. The molecule has 0 aliphatic carbocycles. The topological polar surface area (TPSA) is 0 Å². The maximum atomic E-state index is 5.70. The average Bonchev–Trinajstić information content (AvgIpc) is 1.85. The molecule has 0 bridgehead atoms. The molecular weight excluding hydrogens is 163 g/mol. The van der Waals surface area contributed by atoms with Gasteiger partial charge in [0.05, 0.1) is 0 Å². The van der Waals surface area contributed by atoms with Crippen LogP contribution in [0.2, 0.25) is 0 Å². The van der Waals surface area contributed by atoms with Gasteiger partial charge in [0.15, 0.2) is 0 Å². The van der Waals surface area contributed by atoms with Gasteiger partial charge in [0.1, 0.15) is 0 Å². The van der Waals surface area contributed by atoms with E-state index in [1.54, 1.807) is 0 Å². The Bertz CT molecular complexity index is 212. The van der Waals surface area contributed by atoms with Crippen molar-refractivity contribution in [3.63, 3.8) is 0 Å². The summed E-state index contributed by atoms with van der Waals surface area (Å²) in [6.07, 6.45) is 0. The van der Waals surface area contributed by atoms with Crippen molar-refractivity contribution in [1.29, 1.82) is 0 Å². The lowest BCUT2D eigenvalue weighted by Gasteiger charge is -1.99. The van der Waals surface area contributed by atoms with E-state index >= 15 is 0 Å². The predicted molar refractivity (Wildman–Crippen MR) is 49.7 cm³/mol. The van der Waals surface area contributed by atoms with Gasteiger partial charge < -0.3 is 0 Å². The van der Waals surface area contributed by atoms with E-state index in [-0.39, 0.29) is 0 Å². The van der Waals surface area contributed by atoms with Crippen molar-refractivity contribution in [2.75, 3.05) is 0 Å². The Hall–Kier alpha value is -0.0600. The maximum absolute atomic E-state index is 5.70. The fraction of sp³-hybridized carbons (Fsp3) is 0.250. The second-order valence-electron chi connectivity index (χ2n) is 2.47. The zero-order valence-corrected chi connectivity index (χ0v) is 7.87. The molecule has 0 N–H and O–H groups in total. The fourth-order valence-electron chi connectivity index (χ4n) is 1.03. The summed E-state index contributed by atoms with van der Waals surface area (Å²) in [5.74, 6) is 0. The molecule has 1 aromatic carbocycles. The van der Waals surface area contributed by atoms with Gasteiger partial charge >= 0.3 is 0 Å². The lowest BCUT2D eigenvalue weighted by molar-refractivity contribution is 1.41. The van der Waals surface area contributed by atoms with Crippen LogP contribution in [-0.2, 0) is 0 Å². The van der Waals surface area contributed by atoms with Crippen LogP contribution in [0.5, 0.6) is 0 Å².